The van der Waals surface area contributed by atoms with Gasteiger partial charge in [-0.25, -0.2) is 9.78 Å². The number of hydrogen-bond acceptors (Lipinski definition) is 5. The van der Waals surface area contributed by atoms with Crippen LogP contribution in [0.25, 0.3) is 5.65 Å². The number of carbonyl (C=O) groups is 1. The van der Waals surface area contributed by atoms with Crippen LogP contribution in [0, 0.1) is 0 Å². The fourth-order valence-electron chi connectivity index (χ4n) is 2.57. The second-order valence-corrected chi connectivity index (χ2v) is 4.87. The first-order valence-corrected chi connectivity index (χ1v) is 6.76. The molecule has 1 aliphatic heterocycles. The zero-order chi connectivity index (χ0) is 13.9. The number of fused-ring (bicyclic) bond motifs is 1. The van der Waals surface area contributed by atoms with E-state index in [1.54, 1.807) is 6.07 Å². The fraction of sp³-hybridized carbons (Fsp3) is 0.429. The standard InChI is InChI=1S/C14H18N4O2/c1-20-14(19)12-3-2-4-13-16-9-11(18(12)13)10-17-7-5-15-6-8-17/h2-4,9,15H,5-8,10H2,1H3. The van der Waals surface area contributed by atoms with Gasteiger partial charge in [0.15, 0.2) is 0 Å². The number of nitrogens with zero attached hydrogens (tertiary/aromatic N) is 3. The minimum absolute atomic E-state index is 0.338. The number of nitrogens with one attached hydrogen (secondary N) is 1. The van der Waals surface area contributed by atoms with E-state index in [1.165, 1.54) is 7.11 Å². The summed E-state index contributed by atoms with van der Waals surface area (Å²) in [4.78, 5) is 18.6. The molecule has 3 rings (SSSR count). The summed E-state index contributed by atoms with van der Waals surface area (Å²) < 4.78 is 6.73. The maximum absolute atomic E-state index is 11.9. The summed E-state index contributed by atoms with van der Waals surface area (Å²) in [5, 5.41) is 3.33. The number of imidazole rings is 1. The molecule has 1 fully saturated rings. The van der Waals surface area contributed by atoms with E-state index in [0.717, 1.165) is 44.1 Å². The van der Waals surface area contributed by atoms with Crippen molar-refractivity contribution in [3.05, 3.63) is 35.8 Å². The number of piperazine rings is 1. The smallest absolute Gasteiger partial charge is 0.355 e. The number of ether oxygens (including phenoxy) is 1. The molecule has 0 amide bonds. The lowest BCUT2D eigenvalue weighted by Gasteiger charge is -2.26. The third-order valence-electron chi connectivity index (χ3n) is 3.59. The Morgan fingerprint density at radius 1 is 1.40 bits per heavy atom. The molecule has 0 atom stereocenters. The molecule has 1 N–H and O–H groups in total. The average Bonchev–Trinajstić information content (AvgIpc) is 2.91. The van der Waals surface area contributed by atoms with Crippen LogP contribution in [0.4, 0.5) is 0 Å². The molecule has 1 aliphatic rings. The number of rotatable bonds is 3. The van der Waals surface area contributed by atoms with Crippen molar-refractivity contribution in [2.24, 2.45) is 0 Å². The van der Waals surface area contributed by atoms with Crippen LogP contribution in [0.5, 0.6) is 0 Å². The van der Waals surface area contributed by atoms with Gasteiger partial charge in [-0.3, -0.25) is 9.30 Å². The Kier molecular flexibility index (Phi) is 3.66. The fourth-order valence-corrected chi connectivity index (χ4v) is 2.57. The number of hydrogen-bond donors (Lipinski definition) is 1. The van der Waals surface area contributed by atoms with Gasteiger partial charge in [-0.15, -0.1) is 0 Å². The SMILES string of the molecule is COC(=O)c1cccc2ncc(CN3CCNCC3)n12. The van der Waals surface area contributed by atoms with Gasteiger partial charge in [0, 0.05) is 32.7 Å². The van der Waals surface area contributed by atoms with Gasteiger partial charge in [-0.2, -0.15) is 0 Å². The van der Waals surface area contributed by atoms with Crippen LogP contribution in [-0.2, 0) is 11.3 Å². The van der Waals surface area contributed by atoms with E-state index in [2.05, 4.69) is 15.2 Å². The van der Waals surface area contributed by atoms with Gasteiger partial charge in [0.2, 0.25) is 0 Å². The van der Waals surface area contributed by atoms with Gasteiger partial charge in [-0.1, -0.05) is 6.07 Å². The number of aromatic nitrogens is 2. The molecule has 3 heterocycles. The zero-order valence-corrected chi connectivity index (χ0v) is 11.5. The highest BCUT2D eigenvalue weighted by Crippen LogP contribution is 2.14. The van der Waals surface area contributed by atoms with Gasteiger partial charge >= 0.3 is 5.97 Å². The molecule has 1 saturated heterocycles. The molecule has 0 aromatic carbocycles. The molecular formula is C14H18N4O2. The number of esters is 1. The minimum atomic E-state index is -0.338. The predicted molar refractivity (Wildman–Crippen MR) is 74.7 cm³/mol. The highest BCUT2D eigenvalue weighted by molar-refractivity contribution is 5.88. The van der Waals surface area contributed by atoms with Crippen LogP contribution in [0.3, 0.4) is 0 Å². The highest BCUT2D eigenvalue weighted by Gasteiger charge is 2.17. The lowest BCUT2D eigenvalue weighted by molar-refractivity contribution is 0.0591. The summed E-state index contributed by atoms with van der Waals surface area (Å²) in [5.74, 6) is -0.338. The van der Waals surface area contributed by atoms with Crippen LogP contribution in [0.2, 0.25) is 0 Å². The molecule has 2 aromatic rings. The third kappa shape index (κ3) is 2.39. The van der Waals surface area contributed by atoms with Crippen molar-refractivity contribution in [2.75, 3.05) is 33.3 Å². The Labute approximate surface area is 117 Å². The van der Waals surface area contributed by atoms with Crippen molar-refractivity contribution < 1.29 is 9.53 Å². The van der Waals surface area contributed by atoms with Crippen molar-refractivity contribution in [2.45, 2.75) is 6.54 Å². The molecule has 6 heteroatoms. The summed E-state index contributed by atoms with van der Waals surface area (Å²) in [6, 6.07) is 5.48. The van der Waals surface area contributed by atoms with E-state index in [1.807, 2.05) is 22.7 Å². The van der Waals surface area contributed by atoms with Crippen LogP contribution < -0.4 is 5.32 Å². The Morgan fingerprint density at radius 3 is 2.95 bits per heavy atom. The molecule has 6 nitrogen and oxygen atoms in total. The van der Waals surface area contributed by atoms with Crippen molar-refractivity contribution in [3.8, 4) is 0 Å². The lowest BCUT2D eigenvalue weighted by atomic mass is 10.3. The molecule has 2 aromatic heterocycles. The second-order valence-electron chi connectivity index (χ2n) is 4.87. The minimum Gasteiger partial charge on any atom is -0.464 e. The van der Waals surface area contributed by atoms with Crippen molar-refractivity contribution in [3.63, 3.8) is 0 Å². The molecule has 106 valence electrons. The quantitative estimate of drug-likeness (QED) is 0.827. The van der Waals surface area contributed by atoms with E-state index in [9.17, 15) is 4.79 Å². The summed E-state index contributed by atoms with van der Waals surface area (Å²) in [5.41, 5.74) is 2.31. The Hall–Kier alpha value is -1.92. The molecule has 0 bridgehead atoms. The molecule has 0 saturated carbocycles. The van der Waals surface area contributed by atoms with Crippen molar-refractivity contribution >= 4 is 11.6 Å². The van der Waals surface area contributed by atoms with Crippen molar-refractivity contribution in [1.82, 2.24) is 19.6 Å². The number of carbonyl (C=O) groups excluding carboxylic acids is 1. The summed E-state index contributed by atoms with van der Waals surface area (Å²) in [7, 11) is 1.40. The molecule has 0 aliphatic carbocycles. The maximum atomic E-state index is 11.9. The van der Waals surface area contributed by atoms with E-state index >= 15 is 0 Å². The molecule has 0 unspecified atom stereocenters. The predicted octanol–water partition coefficient (Wildman–Crippen LogP) is 0.526. The Balaban J connectivity index is 1.96. The highest BCUT2D eigenvalue weighted by atomic mass is 16.5. The maximum Gasteiger partial charge on any atom is 0.355 e. The molecule has 0 radical (unpaired) electrons. The molecule has 0 spiro atoms. The number of pyridine rings is 1. The third-order valence-corrected chi connectivity index (χ3v) is 3.59. The van der Waals surface area contributed by atoms with Gasteiger partial charge in [-0.05, 0) is 12.1 Å². The summed E-state index contributed by atoms with van der Waals surface area (Å²) in [6.45, 7) is 4.80. The average molecular weight is 274 g/mol. The van der Waals surface area contributed by atoms with Crippen LogP contribution in [0.1, 0.15) is 16.2 Å². The van der Waals surface area contributed by atoms with Crippen LogP contribution in [-0.4, -0.2) is 53.5 Å². The topological polar surface area (TPSA) is 58.9 Å². The lowest BCUT2D eigenvalue weighted by Crippen LogP contribution is -2.43. The zero-order valence-electron chi connectivity index (χ0n) is 11.5. The van der Waals surface area contributed by atoms with E-state index in [4.69, 9.17) is 4.74 Å². The Bertz CT molecular complexity index is 617. The molecular weight excluding hydrogens is 256 g/mol. The number of methoxy groups -OCH3 is 1. The van der Waals surface area contributed by atoms with Crippen LogP contribution in [0.15, 0.2) is 24.4 Å². The monoisotopic (exact) mass is 274 g/mol. The molecule has 20 heavy (non-hydrogen) atoms. The first kappa shape index (κ1) is 13.1. The second kappa shape index (κ2) is 5.60. The van der Waals surface area contributed by atoms with E-state index in [-0.39, 0.29) is 5.97 Å². The normalized spacial score (nSPS) is 16.4. The summed E-state index contributed by atoms with van der Waals surface area (Å²) >= 11 is 0. The largest absolute Gasteiger partial charge is 0.464 e. The summed E-state index contributed by atoms with van der Waals surface area (Å²) in [6.07, 6.45) is 1.84. The van der Waals surface area contributed by atoms with Gasteiger partial charge in [0.25, 0.3) is 0 Å². The van der Waals surface area contributed by atoms with E-state index in [0.29, 0.717) is 5.69 Å². The van der Waals surface area contributed by atoms with Gasteiger partial charge < -0.3 is 10.1 Å². The van der Waals surface area contributed by atoms with Gasteiger partial charge in [0.05, 0.1) is 19.0 Å². The van der Waals surface area contributed by atoms with Gasteiger partial charge in [0.1, 0.15) is 11.3 Å². The van der Waals surface area contributed by atoms with Crippen LogP contribution >= 0.6 is 0 Å². The van der Waals surface area contributed by atoms with Crippen molar-refractivity contribution in [1.29, 1.82) is 0 Å². The first-order valence-electron chi connectivity index (χ1n) is 6.76. The van der Waals surface area contributed by atoms with E-state index < -0.39 is 0 Å². The Morgan fingerprint density at radius 2 is 2.20 bits per heavy atom. The first-order chi connectivity index (χ1) is 9.79.